The van der Waals surface area contributed by atoms with E-state index in [0.717, 1.165) is 29.2 Å². The minimum absolute atomic E-state index is 0.483. The third-order valence-corrected chi connectivity index (χ3v) is 3.96. The number of rotatable bonds is 5. The summed E-state index contributed by atoms with van der Waals surface area (Å²) in [5.41, 5.74) is 1.60. The van der Waals surface area contributed by atoms with Crippen molar-refractivity contribution < 1.29 is 9.90 Å². The van der Waals surface area contributed by atoms with Crippen LogP contribution in [0, 0.1) is 0 Å². The van der Waals surface area contributed by atoms with Gasteiger partial charge in [0.2, 0.25) is 0 Å². The summed E-state index contributed by atoms with van der Waals surface area (Å²) in [6, 6.07) is 13.3. The maximum Gasteiger partial charge on any atom is 0.411 e. The van der Waals surface area contributed by atoms with E-state index in [0.29, 0.717) is 18.1 Å². The Morgan fingerprint density at radius 2 is 1.75 bits per heavy atom. The van der Waals surface area contributed by atoms with Gasteiger partial charge in [-0.3, -0.25) is 4.90 Å². The van der Waals surface area contributed by atoms with E-state index in [9.17, 15) is 9.90 Å². The number of unbranched alkanes of at least 4 members (excludes halogenated alkanes) is 1. The number of carboxylic acid groups (broad SMARTS) is 1. The molecule has 0 bridgehead atoms. The van der Waals surface area contributed by atoms with Crippen molar-refractivity contribution in [3.63, 3.8) is 0 Å². The average Bonchev–Trinajstić information content (AvgIpc) is 2.62. The van der Waals surface area contributed by atoms with Crippen molar-refractivity contribution in [1.82, 2.24) is 9.97 Å². The monoisotopic (exact) mass is 321 g/mol. The summed E-state index contributed by atoms with van der Waals surface area (Å²) in [5, 5.41) is 11.4. The lowest BCUT2D eigenvalue weighted by Crippen LogP contribution is -2.30. The Morgan fingerprint density at radius 3 is 2.46 bits per heavy atom. The fourth-order valence-electron chi connectivity index (χ4n) is 2.80. The van der Waals surface area contributed by atoms with Crippen LogP contribution in [0.2, 0.25) is 0 Å². The van der Waals surface area contributed by atoms with Crippen molar-refractivity contribution in [2.24, 2.45) is 0 Å². The molecule has 0 spiro atoms. The lowest BCUT2D eigenvalue weighted by molar-refractivity contribution is 0.201. The summed E-state index contributed by atoms with van der Waals surface area (Å²) in [7, 11) is 0. The molecule has 2 aromatic carbocycles. The van der Waals surface area contributed by atoms with Crippen LogP contribution in [0.15, 0.2) is 54.9 Å². The van der Waals surface area contributed by atoms with Gasteiger partial charge in [-0.1, -0.05) is 43.7 Å². The molecule has 0 saturated carbocycles. The van der Waals surface area contributed by atoms with E-state index < -0.39 is 6.09 Å². The fourth-order valence-corrected chi connectivity index (χ4v) is 2.80. The van der Waals surface area contributed by atoms with Crippen molar-refractivity contribution in [2.75, 3.05) is 11.4 Å². The van der Waals surface area contributed by atoms with E-state index in [-0.39, 0.29) is 0 Å². The maximum absolute atomic E-state index is 11.7. The summed E-state index contributed by atoms with van der Waals surface area (Å²) in [5.74, 6) is 0.635. The van der Waals surface area contributed by atoms with E-state index in [4.69, 9.17) is 0 Å². The minimum atomic E-state index is -0.933. The molecular formula is C19H19N3O2. The molecule has 0 radical (unpaired) electrons. The number of hydrogen-bond donors (Lipinski definition) is 1. The molecule has 0 aliphatic heterocycles. The van der Waals surface area contributed by atoms with E-state index >= 15 is 0 Å². The number of benzene rings is 2. The van der Waals surface area contributed by atoms with Gasteiger partial charge in [-0.05, 0) is 23.9 Å². The Morgan fingerprint density at radius 1 is 1.04 bits per heavy atom. The van der Waals surface area contributed by atoms with Crippen molar-refractivity contribution >= 4 is 22.6 Å². The molecule has 0 aliphatic carbocycles. The standard InChI is InChI=1S/C19H19N3O2/c1-2-3-13-22(19(23)24)17-10-5-7-14-15(17)8-4-9-16(14)18-20-11-6-12-21-18/h4-12H,2-3,13H2,1H3,(H,23,24). The normalized spacial score (nSPS) is 10.7. The van der Waals surface area contributed by atoms with Gasteiger partial charge in [0.05, 0.1) is 5.69 Å². The molecule has 0 fully saturated rings. The summed E-state index contributed by atoms with van der Waals surface area (Å²) in [4.78, 5) is 21.8. The zero-order valence-corrected chi connectivity index (χ0v) is 13.5. The molecule has 24 heavy (non-hydrogen) atoms. The molecule has 0 saturated heterocycles. The zero-order valence-electron chi connectivity index (χ0n) is 13.5. The second kappa shape index (κ2) is 7.08. The summed E-state index contributed by atoms with van der Waals surface area (Å²) in [6.45, 7) is 2.53. The molecule has 5 heteroatoms. The predicted molar refractivity (Wildman–Crippen MR) is 95.3 cm³/mol. The molecule has 1 amide bonds. The Bertz CT molecular complexity index is 850. The molecule has 1 N–H and O–H groups in total. The first-order chi connectivity index (χ1) is 11.7. The highest BCUT2D eigenvalue weighted by molar-refractivity contribution is 6.06. The molecule has 0 aliphatic rings. The van der Waals surface area contributed by atoms with Crippen molar-refractivity contribution in [3.05, 3.63) is 54.9 Å². The SMILES string of the molecule is CCCCN(C(=O)O)c1cccc2c(-c3ncccn3)cccc12. The van der Waals surface area contributed by atoms with Crippen LogP contribution in [-0.4, -0.2) is 27.7 Å². The van der Waals surface area contributed by atoms with Crippen LogP contribution in [0.3, 0.4) is 0 Å². The Hall–Kier alpha value is -2.95. The molecular weight excluding hydrogens is 302 g/mol. The van der Waals surface area contributed by atoms with E-state index in [1.54, 1.807) is 18.5 Å². The third-order valence-electron chi connectivity index (χ3n) is 3.96. The second-order valence-corrected chi connectivity index (χ2v) is 5.54. The summed E-state index contributed by atoms with van der Waals surface area (Å²) in [6.07, 6.45) is 4.24. The van der Waals surface area contributed by atoms with Gasteiger partial charge < -0.3 is 5.11 Å². The molecule has 1 aromatic heterocycles. The van der Waals surface area contributed by atoms with E-state index in [1.165, 1.54) is 4.90 Å². The summed E-state index contributed by atoms with van der Waals surface area (Å²) >= 11 is 0. The van der Waals surface area contributed by atoms with Crippen molar-refractivity contribution in [1.29, 1.82) is 0 Å². The molecule has 122 valence electrons. The first kappa shape index (κ1) is 15.9. The number of aromatic nitrogens is 2. The van der Waals surface area contributed by atoms with Crippen LogP contribution in [0.4, 0.5) is 10.5 Å². The largest absolute Gasteiger partial charge is 0.465 e. The van der Waals surface area contributed by atoms with Gasteiger partial charge in [-0.2, -0.15) is 0 Å². The molecule has 1 heterocycles. The molecule has 0 atom stereocenters. The number of hydrogen-bond acceptors (Lipinski definition) is 3. The first-order valence-electron chi connectivity index (χ1n) is 8.02. The third kappa shape index (κ3) is 3.06. The topological polar surface area (TPSA) is 66.3 Å². The van der Waals surface area contributed by atoms with Gasteiger partial charge in [0.25, 0.3) is 0 Å². The van der Waals surface area contributed by atoms with Crippen LogP contribution in [-0.2, 0) is 0 Å². The lowest BCUT2D eigenvalue weighted by atomic mass is 10.0. The quantitative estimate of drug-likeness (QED) is 0.747. The predicted octanol–water partition coefficient (Wildman–Crippen LogP) is 4.58. The highest BCUT2D eigenvalue weighted by Gasteiger charge is 2.17. The molecule has 5 nitrogen and oxygen atoms in total. The van der Waals surface area contributed by atoms with Crippen molar-refractivity contribution in [2.45, 2.75) is 19.8 Å². The Kier molecular flexibility index (Phi) is 4.70. The summed E-state index contributed by atoms with van der Waals surface area (Å²) < 4.78 is 0. The van der Waals surface area contributed by atoms with Crippen LogP contribution >= 0.6 is 0 Å². The van der Waals surface area contributed by atoms with Gasteiger partial charge in [0.1, 0.15) is 0 Å². The van der Waals surface area contributed by atoms with Crippen molar-refractivity contribution in [3.8, 4) is 11.4 Å². The highest BCUT2D eigenvalue weighted by atomic mass is 16.4. The average molecular weight is 321 g/mol. The minimum Gasteiger partial charge on any atom is -0.465 e. The number of amides is 1. The van der Waals surface area contributed by atoms with Gasteiger partial charge in [0.15, 0.2) is 5.82 Å². The second-order valence-electron chi connectivity index (χ2n) is 5.54. The van der Waals surface area contributed by atoms with Crippen LogP contribution in [0.5, 0.6) is 0 Å². The Balaban J connectivity index is 2.16. The van der Waals surface area contributed by atoms with Gasteiger partial charge in [0, 0.05) is 29.9 Å². The maximum atomic E-state index is 11.7. The first-order valence-corrected chi connectivity index (χ1v) is 8.02. The van der Waals surface area contributed by atoms with Gasteiger partial charge in [-0.15, -0.1) is 0 Å². The molecule has 3 aromatic rings. The molecule has 0 unspecified atom stereocenters. The molecule has 3 rings (SSSR count). The van der Waals surface area contributed by atoms with Gasteiger partial charge in [-0.25, -0.2) is 14.8 Å². The number of nitrogens with zero attached hydrogens (tertiary/aromatic N) is 3. The van der Waals surface area contributed by atoms with Gasteiger partial charge >= 0.3 is 6.09 Å². The van der Waals surface area contributed by atoms with Crippen LogP contribution < -0.4 is 4.90 Å². The van der Waals surface area contributed by atoms with E-state index in [1.807, 2.05) is 43.3 Å². The highest BCUT2D eigenvalue weighted by Crippen LogP contribution is 2.33. The fraction of sp³-hybridized carbons (Fsp3) is 0.211. The Labute approximate surface area is 140 Å². The number of fused-ring (bicyclic) bond motifs is 1. The smallest absolute Gasteiger partial charge is 0.411 e. The van der Waals surface area contributed by atoms with Crippen LogP contribution in [0.25, 0.3) is 22.2 Å². The van der Waals surface area contributed by atoms with E-state index in [2.05, 4.69) is 9.97 Å². The zero-order chi connectivity index (χ0) is 16.9. The van der Waals surface area contributed by atoms with Crippen LogP contribution in [0.1, 0.15) is 19.8 Å². The number of anilines is 1. The lowest BCUT2D eigenvalue weighted by Gasteiger charge is -2.21. The number of carbonyl (C=O) groups is 1.